The van der Waals surface area contributed by atoms with Gasteiger partial charge in [-0.15, -0.1) is 0 Å². The summed E-state index contributed by atoms with van der Waals surface area (Å²) in [5.74, 6) is 0.486. The van der Waals surface area contributed by atoms with Crippen LogP contribution in [0.1, 0.15) is 44.9 Å². The first kappa shape index (κ1) is 14.8. The summed E-state index contributed by atoms with van der Waals surface area (Å²) < 4.78 is 0. The lowest BCUT2D eigenvalue weighted by Gasteiger charge is -2.17. The van der Waals surface area contributed by atoms with Crippen LogP contribution in [0.25, 0.3) is 0 Å². The van der Waals surface area contributed by atoms with Crippen LogP contribution in [0.3, 0.4) is 0 Å². The Morgan fingerprint density at radius 3 is 2.60 bits per heavy atom. The summed E-state index contributed by atoms with van der Waals surface area (Å²) in [6.07, 6.45) is 9.87. The highest BCUT2D eigenvalue weighted by molar-refractivity contribution is 5.89. The van der Waals surface area contributed by atoms with Gasteiger partial charge in [-0.3, -0.25) is 4.79 Å². The standard InChI is InChI=1S/C15H24N4O/c16-10-9-15(20)19-14-8-7-13(11-17-14)18-12-5-3-1-2-4-6-12/h7-8,11-12,18H,1-6,9-10,16H2,(H,17,19,20). The van der Waals surface area contributed by atoms with Gasteiger partial charge in [0.15, 0.2) is 0 Å². The number of amides is 1. The Bertz CT molecular complexity index is 410. The first-order valence-corrected chi connectivity index (χ1v) is 7.50. The van der Waals surface area contributed by atoms with E-state index in [1.807, 2.05) is 12.1 Å². The largest absolute Gasteiger partial charge is 0.381 e. The maximum atomic E-state index is 11.4. The molecule has 0 atom stereocenters. The highest BCUT2D eigenvalue weighted by atomic mass is 16.1. The molecule has 5 nitrogen and oxygen atoms in total. The summed E-state index contributed by atoms with van der Waals surface area (Å²) in [7, 11) is 0. The Hall–Kier alpha value is -1.62. The normalized spacial score (nSPS) is 16.4. The molecule has 1 saturated carbocycles. The Balaban J connectivity index is 1.85. The van der Waals surface area contributed by atoms with E-state index < -0.39 is 0 Å². The lowest BCUT2D eigenvalue weighted by atomic mass is 10.1. The highest BCUT2D eigenvalue weighted by Crippen LogP contribution is 2.21. The second kappa shape index (κ2) is 7.85. The number of hydrogen-bond acceptors (Lipinski definition) is 4. The average Bonchev–Trinajstić information content (AvgIpc) is 2.70. The van der Waals surface area contributed by atoms with E-state index in [4.69, 9.17) is 5.73 Å². The van der Waals surface area contributed by atoms with E-state index in [1.165, 1.54) is 38.5 Å². The Morgan fingerprint density at radius 1 is 1.25 bits per heavy atom. The number of rotatable bonds is 5. The monoisotopic (exact) mass is 276 g/mol. The zero-order chi connectivity index (χ0) is 14.2. The third-order valence-corrected chi connectivity index (χ3v) is 3.63. The second-order valence-corrected chi connectivity index (χ2v) is 5.35. The third-order valence-electron chi connectivity index (χ3n) is 3.63. The molecule has 1 fully saturated rings. The fraction of sp³-hybridized carbons (Fsp3) is 0.600. The minimum Gasteiger partial charge on any atom is -0.381 e. The second-order valence-electron chi connectivity index (χ2n) is 5.35. The quantitative estimate of drug-likeness (QED) is 0.722. The van der Waals surface area contributed by atoms with Crippen LogP contribution in [-0.4, -0.2) is 23.5 Å². The smallest absolute Gasteiger partial charge is 0.226 e. The van der Waals surface area contributed by atoms with Crippen molar-refractivity contribution >= 4 is 17.4 Å². The van der Waals surface area contributed by atoms with Gasteiger partial charge in [0.2, 0.25) is 5.91 Å². The molecule has 0 aromatic carbocycles. The Kier molecular flexibility index (Phi) is 5.80. The van der Waals surface area contributed by atoms with E-state index in [0.29, 0.717) is 24.8 Å². The molecule has 110 valence electrons. The van der Waals surface area contributed by atoms with Crippen molar-refractivity contribution in [3.8, 4) is 0 Å². The number of hydrogen-bond donors (Lipinski definition) is 3. The van der Waals surface area contributed by atoms with Crippen molar-refractivity contribution in [3.63, 3.8) is 0 Å². The molecule has 5 heteroatoms. The molecule has 1 amide bonds. The Labute approximate surface area is 120 Å². The van der Waals surface area contributed by atoms with Gasteiger partial charge in [0, 0.05) is 19.0 Å². The van der Waals surface area contributed by atoms with Crippen molar-refractivity contribution in [2.24, 2.45) is 5.73 Å². The molecule has 0 radical (unpaired) electrons. The van der Waals surface area contributed by atoms with Crippen LogP contribution in [0.2, 0.25) is 0 Å². The molecule has 2 rings (SSSR count). The van der Waals surface area contributed by atoms with E-state index in [0.717, 1.165) is 5.69 Å². The Morgan fingerprint density at radius 2 is 2.00 bits per heavy atom. The van der Waals surface area contributed by atoms with Crippen LogP contribution in [0.4, 0.5) is 11.5 Å². The molecule has 0 spiro atoms. The number of carbonyl (C=O) groups is 1. The van der Waals surface area contributed by atoms with E-state index in [1.54, 1.807) is 6.20 Å². The predicted octanol–water partition coefficient (Wildman–Crippen LogP) is 2.50. The van der Waals surface area contributed by atoms with Crippen molar-refractivity contribution in [1.82, 2.24) is 4.98 Å². The molecular formula is C15H24N4O. The van der Waals surface area contributed by atoms with Crippen molar-refractivity contribution < 1.29 is 4.79 Å². The summed E-state index contributed by atoms with van der Waals surface area (Å²) in [4.78, 5) is 15.7. The van der Waals surface area contributed by atoms with Crippen molar-refractivity contribution in [2.45, 2.75) is 51.0 Å². The number of pyridine rings is 1. The van der Waals surface area contributed by atoms with E-state index in [-0.39, 0.29) is 5.91 Å². The van der Waals surface area contributed by atoms with Gasteiger partial charge in [-0.2, -0.15) is 0 Å². The molecular weight excluding hydrogens is 252 g/mol. The average molecular weight is 276 g/mol. The summed E-state index contributed by atoms with van der Waals surface area (Å²) in [6.45, 7) is 0.354. The van der Waals surface area contributed by atoms with Gasteiger partial charge < -0.3 is 16.4 Å². The number of nitrogens with one attached hydrogen (secondary N) is 2. The third kappa shape index (κ3) is 4.81. The summed E-state index contributed by atoms with van der Waals surface area (Å²) in [5, 5.41) is 6.26. The predicted molar refractivity (Wildman–Crippen MR) is 81.7 cm³/mol. The maximum Gasteiger partial charge on any atom is 0.226 e. The zero-order valence-corrected chi connectivity index (χ0v) is 11.9. The molecule has 0 aliphatic heterocycles. The maximum absolute atomic E-state index is 11.4. The van der Waals surface area contributed by atoms with Gasteiger partial charge in [-0.25, -0.2) is 4.98 Å². The number of nitrogens with zero attached hydrogens (tertiary/aromatic N) is 1. The molecule has 1 aliphatic carbocycles. The highest BCUT2D eigenvalue weighted by Gasteiger charge is 2.12. The van der Waals surface area contributed by atoms with Gasteiger partial charge >= 0.3 is 0 Å². The number of anilines is 2. The van der Waals surface area contributed by atoms with Crippen molar-refractivity contribution in [3.05, 3.63) is 18.3 Å². The van der Waals surface area contributed by atoms with E-state index >= 15 is 0 Å². The van der Waals surface area contributed by atoms with Crippen molar-refractivity contribution in [1.29, 1.82) is 0 Å². The van der Waals surface area contributed by atoms with Crippen LogP contribution in [0.15, 0.2) is 18.3 Å². The SMILES string of the molecule is NCCC(=O)Nc1ccc(NC2CCCCCC2)cn1. The molecule has 4 N–H and O–H groups in total. The van der Waals surface area contributed by atoms with E-state index in [2.05, 4.69) is 15.6 Å². The molecule has 1 heterocycles. The molecule has 1 aromatic heterocycles. The van der Waals surface area contributed by atoms with Gasteiger partial charge in [-0.05, 0) is 25.0 Å². The molecule has 0 bridgehead atoms. The minimum atomic E-state index is -0.0931. The van der Waals surface area contributed by atoms with Crippen LogP contribution >= 0.6 is 0 Å². The van der Waals surface area contributed by atoms with Crippen LogP contribution in [0.5, 0.6) is 0 Å². The number of carbonyl (C=O) groups excluding carboxylic acids is 1. The molecule has 1 aliphatic rings. The lowest BCUT2D eigenvalue weighted by Crippen LogP contribution is -2.19. The summed E-state index contributed by atoms with van der Waals surface area (Å²) in [5.41, 5.74) is 6.35. The van der Waals surface area contributed by atoms with Crippen molar-refractivity contribution in [2.75, 3.05) is 17.2 Å². The summed E-state index contributed by atoms with van der Waals surface area (Å²) in [6, 6.07) is 4.35. The number of nitrogens with two attached hydrogens (primary N) is 1. The van der Waals surface area contributed by atoms with Crippen LogP contribution in [-0.2, 0) is 4.79 Å². The topological polar surface area (TPSA) is 80.0 Å². The van der Waals surface area contributed by atoms with Crippen LogP contribution in [0, 0.1) is 0 Å². The van der Waals surface area contributed by atoms with Gasteiger partial charge in [-0.1, -0.05) is 25.7 Å². The van der Waals surface area contributed by atoms with E-state index in [9.17, 15) is 4.79 Å². The molecule has 0 saturated heterocycles. The number of aromatic nitrogens is 1. The lowest BCUT2D eigenvalue weighted by molar-refractivity contribution is -0.116. The first-order chi connectivity index (χ1) is 9.78. The fourth-order valence-electron chi connectivity index (χ4n) is 2.55. The van der Waals surface area contributed by atoms with Crippen LogP contribution < -0.4 is 16.4 Å². The molecule has 1 aromatic rings. The van der Waals surface area contributed by atoms with Gasteiger partial charge in [0.05, 0.1) is 11.9 Å². The minimum absolute atomic E-state index is 0.0931. The molecule has 20 heavy (non-hydrogen) atoms. The summed E-state index contributed by atoms with van der Waals surface area (Å²) >= 11 is 0. The molecule has 0 unspecified atom stereocenters. The first-order valence-electron chi connectivity index (χ1n) is 7.50. The zero-order valence-electron chi connectivity index (χ0n) is 11.9. The fourth-order valence-corrected chi connectivity index (χ4v) is 2.55. The van der Waals surface area contributed by atoms with Gasteiger partial charge in [0.25, 0.3) is 0 Å². The van der Waals surface area contributed by atoms with Gasteiger partial charge in [0.1, 0.15) is 5.82 Å².